The molecule has 3 saturated carbocycles. The van der Waals surface area contributed by atoms with Crippen molar-refractivity contribution in [1.29, 1.82) is 0 Å². The highest BCUT2D eigenvalue weighted by atomic mass is 16.3. The lowest BCUT2D eigenvalue weighted by Gasteiger charge is -2.44. The molecule has 16 heavy (non-hydrogen) atoms. The van der Waals surface area contributed by atoms with E-state index in [2.05, 4.69) is 13.8 Å². The minimum atomic E-state index is -0.253. The van der Waals surface area contributed by atoms with Gasteiger partial charge in [0, 0.05) is 0 Å². The zero-order chi connectivity index (χ0) is 11.3. The second-order valence-corrected chi connectivity index (χ2v) is 7.04. The molecule has 1 N–H and O–H groups in total. The predicted molar refractivity (Wildman–Crippen MR) is 66.1 cm³/mol. The second kappa shape index (κ2) is 3.73. The van der Waals surface area contributed by atoms with Crippen LogP contribution >= 0.6 is 0 Å². The molecule has 0 saturated heterocycles. The van der Waals surface area contributed by atoms with E-state index in [0.717, 1.165) is 24.2 Å². The van der Waals surface area contributed by atoms with Gasteiger partial charge in [-0.3, -0.25) is 0 Å². The fraction of sp³-hybridized carbons (Fsp3) is 1.00. The average Bonchev–Trinajstić information content (AvgIpc) is 2.82. The monoisotopic (exact) mass is 222 g/mol. The van der Waals surface area contributed by atoms with Crippen molar-refractivity contribution < 1.29 is 5.11 Å². The van der Waals surface area contributed by atoms with Crippen LogP contribution in [0.1, 0.15) is 58.8 Å². The molecule has 6 atom stereocenters. The van der Waals surface area contributed by atoms with Gasteiger partial charge in [0.15, 0.2) is 0 Å². The van der Waals surface area contributed by atoms with E-state index in [4.69, 9.17) is 0 Å². The number of aliphatic hydroxyl groups is 1. The largest absolute Gasteiger partial charge is 0.389 e. The first-order valence-electron chi connectivity index (χ1n) is 7.32. The molecule has 0 amide bonds. The Balaban J connectivity index is 1.73. The van der Waals surface area contributed by atoms with Crippen LogP contribution in [-0.2, 0) is 0 Å². The van der Waals surface area contributed by atoms with Crippen LogP contribution in [0.2, 0.25) is 0 Å². The van der Waals surface area contributed by atoms with Gasteiger partial charge in [-0.2, -0.15) is 0 Å². The van der Waals surface area contributed by atoms with Crippen molar-refractivity contribution in [2.75, 3.05) is 0 Å². The van der Waals surface area contributed by atoms with E-state index in [9.17, 15) is 5.11 Å². The zero-order valence-electron chi connectivity index (χ0n) is 10.8. The quantitative estimate of drug-likeness (QED) is 0.718. The van der Waals surface area contributed by atoms with Crippen LogP contribution in [0.25, 0.3) is 0 Å². The number of hydrogen-bond donors (Lipinski definition) is 1. The minimum absolute atomic E-state index is 0.253. The van der Waals surface area contributed by atoms with Crippen molar-refractivity contribution in [1.82, 2.24) is 0 Å². The third-order valence-electron chi connectivity index (χ3n) is 6.17. The molecule has 0 aromatic carbocycles. The maximum absolute atomic E-state index is 11.0. The van der Waals surface area contributed by atoms with Gasteiger partial charge in [-0.05, 0) is 68.1 Å². The van der Waals surface area contributed by atoms with Crippen molar-refractivity contribution in [3.63, 3.8) is 0 Å². The summed E-state index contributed by atoms with van der Waals surface area (Å²) in [7, 11) is 0. The molecule has 2 bridgehead atoms. The normalized spacial score (nSPS) is 56.8. The fourth-order valence-electron chi connectivity index (χ4n) is 4.85. The number of fused-ring (bicyclic) bond motifs is 2. The minimum Gasteiger partial charge on any atom is -0.389 e. The molecule has 0 aromatic heterocycles. The Labute approximate surface area is 99.6 Å². The summed E-state index contributed by atoms with van der Waals surface area (Å²) in [6.45, 7) is 4.76. The summed E-state index contributed by atoms with van der Waals surface area (Å²) >= 11 is 0. The van der Waals surface area contributed by atoms with Crippen LogP contribution in [-0.4, -0.2) is 10.7 Å². The lowest BCUT2D eigenvalue weighted by molar-refractivity contribution is -0.0864. The Kier molecular flexibility index (Phi) is 2.58. The first-order chi connectivity index (χ1) is 7.59. The Hall–Kier alpha value is -0.0400. The van der Waals surface area contributed by atoms with Gasteiger partial charge in [0.25, 0.3) is 0 Å². The number of rotatable bonds is 1. The van der Waals surface area contributed by atoms with Crippen molar-refractivity contribution in [3.05, 3.63) is 0 Å². The van der Waals surface area contributed by atoms with Gasteiger partial charge in [0.05, 0.1) is 5.60 Å². The van der Waals surface area contributed by atoms with Crippen molar-refractivity contribution in [3.8, 4) is 0 Å². The Morgan fingerprint density at radius 1 is 0.875 bits per heavy atom. The van der Waals surface area contributed by atoms with Crippen LogP contribution in [0, 0.1) is 29.6 Å². The Bertz CT molecular complexity index is 275. The van der Waals surface area contributed by atoms with Crippen LogP contribution < -0.4 is 0 Å². The highest BCUT2D eigenvalue weighted by molar-refractivity contribution is 5.05. The molecule has 0 heterocycles. The summed E-state index contributed by atoms with van der Waals surface area (Å²) in [6, 6.07) is 0. The van der Waals surface area contributed by atoms with Gasteiger partial charge >= 0.3 is 0 Å². The molecular formula is C15H26O. The summed E-state index contributed by atoms with van der Waals surface area (Å²) in [5.74, 6) is 3.84. The van der Waals surface area contributed by atoms with Gasteiger partial charge in [-0.15, -0.1) is 0 Å². The lowest BCUT2D eigenvalue weighted by Crippen LogP contribution is -2.45. The average molecular weight is 222 g/mol. The fourth-order valence-corrected chi connectivity index (χ4v) is 4.85. The molecule has 0 spiro atoms. The van der Waals surface area contributed by atoms with Crippen molar-refractivity contribution in [2.45, 2.75) is 64.4 Å². The van der Waals surface area contributed by atoms with Gasteiger partial charge in [-0.25, -0.2) is 0 Å². The molecule has 0 aliphatic heterocycles. The summed E-state index contributed by atoms with van der Waals surface area (Å²) in [5, 5.41) is 11.0. The first kappa shape index (κ1) is 11.1. The molecular weight excluding hydrogens is 196 g/mol. The van der Waals surface area contributed by atoms with Gasteiger partial charge in [0.1, 0.15) is 0 Å². The van der Waals surface area contributed by atoms with E-state index in [-0.39, 0.29) is 5.60 Å². The highest BCUT2D eigenvalue weighted by Gasteiger charge is 2.54. The van der Waals surface area contributed by atoms with Gasteiger partial charge < -0.3 is 5.11 Å². The standard InChI is InChI=1S/C15H26O/c1-10-3-5-13(7-11(10)2)15(16)9-12-4-6-14(15)8-12/h10-14,16H,3-9H2,1-2H3. The van der Waals surface area contributed by atoms with E-state index in [1.807, 2.05) is 0 Å². The predicted octanol–water partition coefficient (Wildman–Crippen LogP) is 3.61. The maximum Gasteiger partial charge on any atom is 0.0706 e. The van der Waals surface area contributed by atoms with Gasteiger partial charge in [0.2, 0.25) is 0 Å². The maximum atomic E-state index is 11.0. The molecule has 3 aliphatic carbocycles. The molecule has 0 radical (unpaired) electrons. The molecule has 1 nitrogen and oxygen atoms in total. The van der Waals surface area contributed by atoms with E-state index < -0.39 is 0 Å². The van der Waals surface area contributed by atoms with Crippen LogP contribution in [0.5, 0.6) is 0 Å². The third-order valence-corrected chi connectivity index (χ3v) is 6.17. The van der Waals surface area contributed by atoms with Crippen LogP contribution in [0.15, 0.2) is 0 Å². The van der Waals surface area contributed by atoms with E-state index in [1.54, 1.807) is 0 Å². The zero-order valence-corrected chi connectivity index (χ0v) is 10.8. The Morgan fingerprint density at radius 3 is 2.12 bits per heavy atom. The van der Waals surface area contributed by atoms with Crippen molar-refractivity contribution in [2.24, 2.45) is 29.6 Å². The summed E-state index contributed by atoms with van der Waals surface area (Å²) in [6.07, 6.45) is 9.06. The third kappa shape index (κ3) is 1.54. The molecule has 3 fully saturated rings. The molecule has 0 aromatic rings. The van der Waals surface area contributed by atoms with E-state index in [1.165, 1.54) is 38.5 Å². The van der Waals surface area contributed by atoms with Gasteiger partial charge in [-0.1, -0.05) is 20.3 Å². The van der Waals surface area contributed by atoms with Crippen molar-refractivity contribution >= 4 is 0 Å². The first-order valence-corrected chi connectivity index (χ1v) is 7.32. The smallest absolute Gasteiger partial charge is 0.0706 e. The lowest BCUT2D eigenvalue weighted by atomic mass is 9.65. The Morgan fingerprint density at radius 2 is 1.56 bits per heavy atom. The van der Waals surface area contributed by atoms with Crippen LogP contribution in [0.4, 0.5) is 0 Å². The molecule has 3 aliphatic rings. The highest BCUT2D eigenvalue weighted by Crippen LogP contribution is 2.56. The molecule has 92 valence electrons. The van der Waals surface area contributed by atoms with Crippen LogP contribution in [0.3, 0.4) is 0 Å². The topological polar surface area (TPSA) is 20.2 Å². The molecule has 3 rings (SSSR count). The second-order valence-electron chi connectivity index (χ2n) is 7.04. The number of hydrogen-bond acceptors (Lipinski definition) is 1. The molecule has 6 unspecified atom stereocenters. The summed E-state index contributed by atoms with van der Waals surface area (Å²) in [5.41, 5.74) is -0.253. The SMILES string of the molecule is CC1CCC(C2(O)CC3CCC2C3)CC1C. The summed E-state index contributed by atoms with van der Waals surface area (Å²) in [4.78, 5) is 0. The van der Waals surface area contributed by atoms with E-state index in [0.29, 0.717) is 11.8 Å². The summed E-state index contributed by atoms with van der Waals surface area (Å²) < 4.78 is 0. The molecule has 1 heteroatoms. The van der Waals surface area contributed by atoms with E-state index >= 15 is 0 Å².